The van der Waals surface area contributed by atoms with Crippen molar-refractivity contribution >= 4 is 28.3 Å². The molecule has 90 valence electrons. The van der Waals surface area contributed by atoms with E-state index in [2.05, 4.69) is 15.5 Å². The maximum Gasteiger partial charge on any atom is 0.201 e. The fourth-order valence-electron chi connectivity index (χ4n) is 1.46. The number of fused-ring (bicyclic) bond motifs is 1. The van der Waals surface area contributed by atoms with Crippen molar-refractivity contribution in [3.63, 3.8) is 0 Å². The largest absolute Gasteiger partial charge is 0.382 e. The molecule has 0 aliphatic carbocycles. The number of nitrogens with one attached hydrogen (secondary N) is 2. The standard InChI is InChI=1S/C11H11N7/c1-18-6-15-8-3-2-7(4-10(8)18)16-17-9(5-12)11(13)14/h2-4,6,16H,1H3,(H3,13,14)/b17-9+. The topological polar surface area (TPSA) is 116 Å². The second-order valence-corrected chi connectivity index (χ2v) is 3.66. The van der Waals surface area contributed by atoms with E-state index in [9.17, 15) is 0 Å². The van der Waals surface area contributed by atoms with Crippen LogP contribution in [-0.4, -0.2) is 21.1 Å². The van der Waals surface area contributed by atoms with Crippen molar-refractivity contribution in [1.29, 1.82) is 10.7 Å². The minimum absolute atomic E-state index is 0.153. The number of anilines is 1. The summed E-state index contributed by atoms with van der Waals surface area (Å²) in [6, 6.07) is 7.21. The molecule has 1 heterocycles. The lowest BCUT2D eigenvalue weighted by atomic mass is 10.3. The number of nitrogens with two attached hydrogens (primary N) is 1. The van der Waals surface area contributed by atoms with Crippen LogP contribution in [0.5, 0.6) is 0 Å². The first-order valence-electron chi connectivity index (χ1n) is 5.11. The molecule has 0 amide bonds. The van der Waals surface area contributed by atoms with Gasteiger partial charge in [0.25, 0.3) is 0 Å². The third-order valence-corrected chi connectivity index (χ3v) is 2.38. The number of nitriles is 1. The molecule has 0 spiro atoms. The van der Waals surface area contributed by atoms with Gasteiger partial charge >= 0.3 is 0 Å². The molecule has 1 aromatic heterocycles. The lowest BCUT2D eigenvalue weighted by Crippen LogP contribution is -2.21. The molecule has 2 rings (SSSR count). The third kappa shape index (κ3) is 2.12. The van der Waals surface area contributed by atoms with Gasteiger partial charge in [-0.05, 0) is 18.2 Å². The number of hydrazone groups is 1. The van der Waals surface area contributed by atoms with Crippen molar-refractivity contribution in [3.8, 4) is 6.07 Å². The maximum atomic E-state index is 8.70. The number of aryl methyl sites for hydroxylation is 1. The van der Waals surface area contributed by atoms with Crippen LogP contribution in [-0.2, 0) is 7.05 Å². The summed E-state index contributed by atoms with van der Waals surface area (Å²) in [5.74, 6) is -0.369. The predicted octanol–water partition coefficient (Wildman–Crippen LogP) is 0.801. The number of imidazole rings is 1. The van der Waals surface area contributed by atoms with Crippen molar-refractivity contribution in [2.45, 2.75) is 0 Å². The normalized spacial score (nSPS) is 11.2. The predicted molar refractivity (Wildman–Crippen MR) is 69.3 cm³/mol. The zero-order chi connectivity index (χ0) is 13.1. The van der Waals surface area contributed by atoms with Gasteiger partial charge < -0.3 is 10.3 Å². The molecule has 0 aliphatic heterocycles. The molecule has 18 heavy (non-hydrogen) atoms. The van der Waals surface area contributed by atoms with Crippen LogP contribution in [0.1, 0.15) is 0 Å². The van der Waals surface area contributed by atoms with Crippen molar-refractivity contribution in [2.75, 3.05) is 5.43 Å². The number of aromatic nitrogens is 2. The summed E-state index contributed by atoms with van der Waals surface area (Å²) in [7, 11) is 1.89. The van der Waals surface area contributed by atoms with E-state index in [-0.39, 0.29) is 11.5 Å². The van der Waals surface area contributed by atoms with E-state index in [1.165, 1.54) is 0 Å². The number of rotatable bonds is 3. The molecule has 0 atom stereocenters. The summed E-state index contributed by atoms with van der Waals surface area (Å²) in [5.41, 5.74) is 10.2. The summed E-state index contributed by atoms with van der Waals surface area (Å²) in [4.78, 5) is 4.19. The summed E-state index contributed by atoms with van der Waals surface area (Å²) in [6.45, 7) is 0. The Morgan fingerprint density at radius 2 is 2.39 bits per heavy atom. The highest BCUT2D eigenvalue weighted by Crippen LogP contribution is 2.17. The molecule has 7 nitrogen and oxygen atoms in total. The molecular weight excluding hydrogens is 230 g/mol. The molecule has 0 saturated carbocycles. The molecule has 0 bridgehead atoms. The minimum Gasteiger partial charge on any atom is -0.382 e. The fourth-order valence-corrected chi connectivity index (χ4v) is 1.46. The Bertz CT molecular complexity index is 674. The van der Waals surface area contributed by atoms with Gasteiger partial charge in [-0.15, -0.1) is 0 Å². The van der Waals surface area contributed by atoms with E-state index in [1.54, 1.807) is 18.5 Å². The number of nitrogens with zero attached hydrogens (tertiary/aromatic N) is 4. The fraction of sp³-hybridized carbons (Fsp3) is 0.0909. The van der Waals surface area contributed by atoms with Crippen LogP contribution in [0.2, 0.25) is 0 Å². The quantitative estimate of drug-likeness (QED) is 0.418. The summed E-state index contributed by atoms with van der Waals surface area (Å²) >= 11 is 0. The molecule has 0 saturated heterocycles. The Morgan fingerprint density at radius 1 is 1.61 bits per heavy atom. The average molecular weight is 241 g/mol. The van der Waals surface area contributed by atoms with Crippen LogP contribution in [0.3, 0.4) is 0 Å². The van der Waals surface area contributed by atoms with Crippen LogP contribution in [0.25, 0.3) is 11.0 Å². The minimum atomic E-state index is -0.369. The van der Waals surface area contributed by atoms with Gasteiger partial charge in [0, 0.05) is 7.05 Å². The van der Waals surface area contributed by atoms with Crippen molar-refractivity contribution in [3.05, 3.63) is 24.5 Å². The highest BCUT2D eigenvalue weighted by atomic mass is 15.3. The van der Waals surface area contributed by atoms with Gasteiger partial charge in [-0.2, -0.15) is 10.4 Å². The Labute approximate surface area is 103 Å². The SMILES string of the molecule is Cn1cnc2ccc(N/N=C(\C#N)C(=N)N)cc21. The van der Waals surface area contributed by atoms with Crippen LogP contribution in [0, 0.1) is 16.7 Å². The molecular formula is C11H11N7. The van der Waals surface area contributed by atoms with Crippen molar-refractivity contribution in [2.24, 2.45) is 17.9 Å². The molecule has 0 radical (unpaired) electrons. The Hall–Kier alpha value is -2.88. The van der Waals surface area contributed by atoms with E-state index in [4.69, 9.17) is 16.4 Å². The molecule has 4 N–H and O–H groups in total. The molecule has 2 aromatic rings. The highest BCUT2D eigenvalue weighted by Gasteiger charge is 2.03. The summed E-state index contributed by atoms with van der Waals surface area (Å²) < 4.78 is 1.88. The van der Waals surface area contributed by atoms with Gasteiger partial charge in [0.05, 0.1) is 23.0 Å². The van der Waals surface area contributed by atoms with Gasteiger partial charge in [-0.3, -0.25) is 10.8 Å². The first-order chi connectivity index (χ1) is 8.61. The van der Waals surface area contributed by atoms with Gasteiger partial charge in [0.2, 0.25) is 5.71 Å². The van der Waals surface area contributed by atoms with E-state index in [0.717, 1.165) is 11.0 Å². The Morgan fingerprint density at radius 3 is 3.06 bits per heavy atom. The second kappa shape index (κ2) is 4.55. The number of amidine groups is 1. The molecule has 0 aliphatic rings. The molecule has 0 unspecified atom stereocenters. The Balaban J connectivity index is 2.30. The zero-order valence-corrected chi connectivity index (χ0v) is 9.68. The van der Waals surface area contributed by atoms with Crippen LogP contribution in [0.4, 0.5) is 5.69 Å². The van der Waals surface area contributed by atoms with E-state index >= 15 is 0 Å². The van der Waals surface area contributed by atoms with Crippen molar-refractivity contribution in [1.82, 2.24) is 9.55 Å². The van der Waals surface area contributed by atoms with Crippen LogP contribution >= 0.6 is 0 Å². The van der Waals surface area contributed by atoms with E-state index in [1.807, 2.05) is 23.7 Å². The van der Waals surface area contributed by atoms with Crippen LogP contribution in [0.15, 0.2) is 29.6 Å². The maximum absolute atomic E-state index is 8.70. The summed E-state index contributed by atoms with van der Waals surface area (Å²) in [6.07, 6.45) is 1.72. The third-order valence-electron chi connectivity index (χ3n) is 2.38. The molecule has 7 heteroatoms. The highest BCUT2D eigenvalue weighted by molar-refractivity contribution is 6.45. The lowest BCUT2D eigenvalue weighted by molar-refractivity contribution is 0.947. The lowest BCUT2D eigenvalue weighted by Gasteiger charge is -2.02. The second-order valence-electron chi connectivity index (χ2n) is 3.66. The average Bonchev–Trinajstić information content (AvgIpc) is 2.71. The summed E-state index contributed by atoms with van der Waals surface area (Å²) in [5, 5.41) is 19.6. The smallest absolute Gasteiger partial charge is 0.201 e. The first-order valence-corrected chi connectivity index (χ1v) is 5.11. The monoisotopic (exact) mass is 241 g/mol. The van der Waals surface area contributed by atoms with Crippen LogP contribution < -0.4 is 11.2 Å². The van der Waals surface area contributed by atoms with Gasteiger partial charge in [0.15, 0.2) is 5.84 Å². The van der Waals surface area contributed by atoms with E-state index < -0.39 is 0 Å². The first kappa shape index (κ1) is 11.6. The van der Waals surface area contributed by atoms with Gasteiger partial charge in [-0.1, -0.05) is 0 Å². The molecule has 1 aromatic carbocycles. The van der Waals surface area contributed by atoms with Gasteiger partial charge in [0.1, 0.15) is 6.07 Å². The van der Waals surface area contributed by atoms with E-state index in [0.29, 0.717) is 5.69 Å². The zero-order valence-electron chi connectivity index (χ0n) is 9.68. The Kier molecular flexibility index (Phi) is 2.93. The molecule has 0 fully saturated rings. The number of hydrogen-bond donors (Lipinski definition) is 3. The van der Waals surface area contributed by atoms with Crippen molar-refractivity contribution < 1.29 is 0 Å². The number of benzene rings is 1. The number of hydrogen-bond acceptors (Lipinski definition) is 5. The van der Waals surface area contributed by atoms with Gasteiger partial charge in [-0.25, -0.2) is 4.98 Å².